The number of nitrogens with two attached hydrogens (primary N) is 1. The fourth-order valence-electron chi connectivity index (χ4n) is 3.22. The molecule has 0 aromatic heterocycles. The number of likely N-dealkylation sites (tertiary alicyclic amines) is 1. The summed E-state index contributed by atoms with van der Waals surface area (Å²) < 4.78 is 13.1. The van der Waals surface area contributed by atoms with Crippen LogP contribution in [0.15, 0.2) is 48.0 Å². The number of hydrogen-bond donors (Lipinski definition) is 2. The smallest absolute Gasteiger partial charge is 0.255 e. The van der Waals surface area contributed by atoms with Crippen molar-refractivity contribution in [2.24, 2.45) is 5.92 Å². The van der Waals surface area contributed by atoms with Crippen LogP contribution in [0.2, 0.25) is 0 Å². The first-order valence-corrected chi connectivity index (χ1v) is 8.95. The van der Waals surface area contributed by atoms with Gasteiger partial charge in [-0.2, -0.15) is 0 Å². The summed E-state index contributed by atoms with van der Waals surface area (Å²) in [5.74, 6) is 0.246. The first-order chi connectivity index (χ1) is 12.6. The van der Waals surface area contributed by atoms with Gasteiger partial charge in [0.15, 0.2) is 0 Å². The molecule has 4 rings (SSSR count). The molecule has 1 amide bonds. The third-order valence-corrected chi connectivity index (χ3v) is 4.87. The number of amides is 1. The average Bonchev–Trinajstić information content (AvgIpc) is 3.40. The van der Waals surface area contributed by atoms with Gasteiger partial charge in [0, 0.05) is 25.2 Å². The molecule has 2 aliphatic rings. The Balaban J connectivity index is 0.00000210. The molecule has 0 unspecified atom stereocenters. The Bertz CT molecular complexity index is 848. The molecule has 0 bridgehead atoms. The Kier molecular flexibility index (Phi) is 5.61. The van der Waals surface area contributed by atoms with Crippen molar-refractivity contribution >= 4 is 23.4 Å². The standard InChI is InChI=1S/C21H22FN3O.CH4/c22-18-7-8-20(19(23)10-18)24-21(26)17-5-3-14(4-6-17)9-16-12-25(13-16)11-15-1-2-15;/h3-10,15H,1-2,11-13,23H2,(H,24,26);1H4. The SMILES string of the molecule is C.Nc1cc(F)ccc1NC(=O)c1ccc(C=C2CN(CC3CC3)C2)cc1. The molecule has 5 heteroatoms. The Labute approximate surface area is 159 Å². The highest BCUT2D eigenvalue weighted by Crippen LogP contribution is 2.32. The summed E-state index contributed by atoms with van der Waals surface area (Å²) in [5.41, 5.74) is 9.42. The quantitative estimate of drug-likeness (QED) is 0.770. The second kappa shape index (κ2) is 7.92. The predicted octanol–water partition coefficient (Wildman–Crippen LogP) is 4.41. The van der Waals surface area contributed by atoms with Gasteiger partial charge in [-0.1, -0.05) is 25.6 Å². The van der Waals surface area contributed by atoms with Gasteiger partial charge in [0.25, 0.3) is 5.91 Å². The van der Waals surface area contributed by atoms with Crippen LogP contribution in [0.1, 0.15) is 36.2 Å². The van der Waals surface area contributed by atoms with Crippen molar-refractivity contribution in [1.82, 2.24) is 4.90 Å². The van der Waals surface area contributed by atoms with Crippen LogP contribution in [0.4, 0.5) is 15.8 Å². The molecule has 0 spiro atoms. The summed E-state index contributed by atoms with van der Waals surface area (Å²) in [5, 5.41) is 2.71. The zero-order valence-corrected chi connectivity index (χ0v) is 14.5. The molecule has 4 nitrogen and oxygen atoms in total. The van der Waals surface area contributed by atoms with E-state index in [4.69, 9.17) is 5.73 Å². The number of halogens is 1. The number of carbonyl (C=O) groups excluding carboxylic acids is 1. The minimum atomic E-state index is -0.426. The first kappa shape index (κ1) is 19.1. The number of nitrogens with one attached hydrogen (secondary N) is 1. The Hall–Kier alpha value is -2.66. The van der Waals surface area contributed by atoms with Gasteiger partial charge in [-0.3, -0.25) is 9.69 Å². The summed E-state index contributed by atoms with van der Waals surface area (Å²) in [6, 6.07) is 11.4. The number of benzene rings is 2. The lowest BCUT2D eigenvalue weighted by atomic mass is 10.0. The monoisotopic (exact) mass is 367 g/mol. The van der Waals surface area contributed by atoms with E-state index in [0.717, 1.165) is 24.6 Å². The fraction of sp³-hybridized carbons (Fsp3) is 0.318. The Morgan fingerprint density at radius 3 is 2.52 bits per heavy atom. The van der Waals surface area contributed by atoms with Gasteiger partial charge in [0.05, 0.1) is 11.4 Å². The van der Waals surface area contributed by atoms with E-state index >= 15 is 0 Å². The molecule has 0 radical (unpaired) electrons. The predicted molar refractivity (Wildman–Crippen MR) is 109 cm³/mol. The maximum atomic E-state index is 13.1. The summed E-state index contributed by atoms with van der Waals surface area (Å²) >= 11 is 0. The van der Waals surface area contributed by atoms with Crippen molar-refractivity contribution in [3.63, 3.8) is 0 Å². The van der Waals surface area contributed by atoms with E-state index < -0.39 is 5.82 Å². The van der Waals surface area contributed by atoms with Crippen molar-refractivity contribution in [1.29, 1.82) is 0 Å². The third kappa shape index (κ3) is 4.74. The van der Waals surface area contributed by atoms with Crippen LogP contribution in [-0.2, 0) is 0 Å². The summed E-state index contributed by atoms with van der Waals surface area (Å²) in [6.07, 6.45) is 4.98. The zero-order valence-electron chi connectivity index (χ0n) is 14.5. The molecule has 3 N–H and O–H groups in total. The van der Waals surface area contributed by atoms with Crippen molar-refractivity contribution < 1.29 is 9.18 Å². The van der Waals surface area contributed by atoms with Gasteiger partial charge in [-0.15, -0.1) is 0 Å². The number of hydrogen-bond acceptors (Lipinski definition) is 3. The van der Waals surface area contributed by atoms with Crippen molar-refractivity contribution in [2.45, 2.75) is 20.3 Å². The maximum Gasteiger partial charge on any atom is 0.255 e. The van der Waals surface area contributed by atoms with E-state index in [2.05, 4.69) is 16.3 Å². The molecule has 0 atom stereocenters. The molecule has 1 saturated heterocycles. The summed E-state index contributed by atoms with van der Waals surface area (Å²) in [7, 11) is 0. The second-order valence-electron chi connectivity index (χ2n) is 7.22. The van der Waals surface area contributed by atoms with Gasteiger partial charge in [-0.05, 0) is 60.2 Å². The van der Waals surface area contributed by atoms with Crippen LogP contribution in [0.5, 0.6) is 0 Å². The lowest BCUT2D eigenvalue weighted by Gasteiger charge is -2.34. The Morgan fingerprint density at radius 2 is 1.89 bits per heavy atom. The number of rotatable bonds is 5. The van der Waals surface area contributed by atoms with Crippen LogP contribution in [0.3, 0.4) is 0 Å². The van der Waals surface area contributed by atoms with Crippen LogP contribution in [0, 0.1) is 11.7 Å². The molecule has 1 heterocycles. The van der Waals surface area contributed by atoms with Gasteiger partial charge < -0.3 is 11.1 Å². The number of carbonyl (C=O) groups is 1. The largest absolute Gasteiger partial charge is 0.397 e. The topological polar surface area (TPSA) is 58.4 Å². The van der Waals surface area contributed by atoms with E-state index in [1.54, 1.807) is 12.1 Å². The third-order valence-electron chi connectivity index (χ3n) is 4.87. The fourth-order valence-corrected chi connectivity index (χ4v) is 3.22. The molecule has 1 saturated carbocycles. The minimum Gasteiger partial charge on any atom is -0.397 e. The van der Waals surface area contributed by atoms with E-state index in [1.807, 2.05) is 12.1 Å². The number of nitrogen functional groups attached to an aromatic ring is 1. The van der Waals surface area contributed by atoms with Gasteiger partial charge in [-0.25, -0.2) is 4.39 Å². The lowest BCUT2D eigenvalue weighted by Crippen LogP contribution is -2.41. The molecule has 2 aromatic rings. The molecule has 1 aliphatic heterocycles. The van der Waals surface area contributed by atoms with Crippen molar-refractivity contribution in [3.05, 3.63) is 65.0 Å². The zero-order chi connectivity index (χ0) is 18.1. The normalized spacial score (nSPS) is 16.3. The van der Waals surface area contributed by atoms with Crippen LogP contribution < -0.4 is 11.1 Å². The van der Waals surface area contributed by atoms with E-state index in [1.165, 1.54) is 43.2 Å². The molecule has 2 aromatic carbocycles. The molecule has 2 fully saturated rings. The molecule has 142 valence electrons. The van der Waals surface area contributed by atoms with Gasteiger partial charge >= 0.3 is 0 Å². The van der Waals surface area contributed by atoms with Gasteiger partial charge in [0.1, 0.15) is 5.82 Å². The minimum absolute atomic E-state index is 0. The first-order valence-electron chi connectivity index (χ1n) is 8.95. The van der Waals surface area contributed by atoms with Crippen molar-refractivity contribution in [3.8, 4) is 0 Å². The van der Waals surface area contributed by atoms with Crippen LogP contribution >= 0.6 is 0 Å². The highest BCUT2D eigenvalue weighted by Gasteiger charge is 2.28. The number of anilines is 2. The van der Waals surface area contributed by atoms with E-state index in [9.17, 15) is 9.18 Å². The number of nitrogens with zero attached hydrogens (tertiary/aromatic N) is 1. The van der Waals surface area contributed by atoms with Crippen LogP contribution in [0.25, 0.3) is 6.08 Å². The molecule has 27 heavy (non-hydrogen) atoms. The Morgan fingerprint density at radius 1 is 1.19 bits per heavy atom. The molecular weight excluding hydrogens is 341 g/mol. The highest BCUT2D eigenvalue weighted by atomic mass is 19.1. The average molecular weight is 367 g/mol. The van der Waals surface area contributed by atoms with Gasteiger partial charge in [0.2, 0.25) is 0 Å². The summed E-state index contributed by atoms with van der Waals surface area (Å²) in [6.45, 7) is 3.36. The van der Waals surface area contributed by atoms with Crippen LogP contribution in [-0.4, -0.2) is 30.4 Å². The highest BCUT2D eigenvalue weighted by molar-refractivity contribution is 6.05. The molecule has 1 aliphatic carbocycles. The molecular formula is C22H26FN3O. The van der Waals surface area contributed by atoms with E-state index in [-0.39, 0.29) is 19.0 Å². The maximum absolute atomic E-state index is 13.1. The lowest BCUT2D eigenvalue weighted by molar-refractivity contribution is 0.102. The van der Waals surface area contributed by atoms with E-state index in [0.29, 0.717) is 11.3 Å². The van der Waals surface area contributed by atoms with Crippen molar-refractivity contribution in [2.75, 3.05) is 30.7 Å². The summed E-state index contributed by atoms with van der Waals surface area (Å²) in [4.78, 5) is 14.8. The second-order valence-corrected chi connectivity index (χ2v) is 7.22.